The zero-order chi connectivity index (χ0) is 27.0. The normalized spacial score (nSPS) is 14.5. The van der Waals surface area contributed by atoms with Crippen LogP contribution in [0, 0.1) is 0 Å². The van der Waals surface area contributed by atoms with E-state index < -0.39 is 6.04 Å². The molecule has 0 saturated carbocycles. The van der Waals surface area contributed by atoms with Crippen LogP contribution in [0.1, 0.15) is 43.0 Å². The number of hydrogen-bond donors (Lipinski definition) is 1. The number of fused-ring (bicyclic) bond motifs is 1. The van der Waals surface area contributed by atoms with Gasteiger partial charge in [0.2, 0.25) is 11.1 Å². The van der Waals surface area contributed by atoms with Gasteiger partial charge in [-0.1, -0.05) is 91.5 Å². The summed E-state index contributed by atoms with van der Waals surface area (Å²) >= 11 is 1.56. The molecule has 1 unspecified atom stereocenters. The van der Waals surface area contributed by atoms with E-state index in [4.69, 9.17) is 19.6 Å². The molecule has 0 radical (unpaired) electrons. The van der Waals surface area contributed by atoms with Crippen LogP contribution < -0.4 is 10.1 Å². The molecule has 0 amide bonds. The molecule has 1 aromatic heterocycles. The number of carbonyl (C=O) groups excluding carboxylic acids is 1. The SMILES string of the molecule is CCCOC(=O)C1=C(C)Nc2nc(SCc3ccccc3)nn2C1c1ccc(OCCc2ccccc2)cc1. The molecule has 2 heterocycles. The van der Waals surface area contributed by atoms with Crippen LogP contribution in [-0.4, -0.2) is 33.9 Å². The number of anilines is 1. The molecule has 1 aliphatic heterocycles. The Bertz CT molecular complexity index is 1420. The monoisotopic (exact) mass is 540 g/mol. The fourth-order valence-electron chi connectivity index (χ4n) is 4.44. The van der Waals surface area contributed by atoms with E-state index in [9.17, 15) is 4.79 Å². The Hall–Kier alpha value is -4.04. The first kappa shape index (κ1) is 26.6. The molecule has 39 heavy (non-hydrogen) atoms. The number of esters is 1. The summed E-state index contributed by atoms with van der Waals surface area (Å²) in [6.45, 7) is 4.80. The second-order valence-corrected chi connectivity index (χ2v) is 10.2. The highest BCUT2D eigenvalue weighted by Crippen LogP contribution is 2.37. The third-order valence-corrected chi connectivity index (χ3v) is 7.31. The summed E-state index contributed by atoms with van der Waals surface area (Å²) in [5.74, 6) is 1.78. The lowest BCUT2D eigenvalue weighted by Gasteiger charge is -2.28. The van der Waals surface area contributed by atoms with Crippen LogP contribution in [0.2, 0.25) is 0 Å². The lowest BCUT2D eigenvalue weighted by Crippen LogP contribution is -2.29. The maximum atomic E-state index is 13.2. The molecule has 7 nitrogen and oxygen atoms in total. The van der Waals surface area contributed by atoms with Crippen molar-refractivity contribution in [2.24, 2.45) is 0 Å². The first-order chi connectivity index (χ1) is 19.1. The van der Waals surface area contributed by atoms with Gasteiger partial charge in [0.1, 0.15) is 11.8 Å². The summed E-state index contributed by atoms with van der Waals surface area (Å²) in [5.41, 5.74) is 4.57. The van der Waals surface area contributed by atoms with Crippen molar-refractivity contribution in [2.45, 2.75) is 43.6 Å². The van der Waals surface area contributed by atoms with Crippen LogP contribution in [-0.2, 0) is 21.7 Å². The average Bonchev–Trinajstić information content (AvgIpc) is 3.38. The number of nitrogens with one attached hydrogen (secondary N) is 1. The molecule has 1 aliphatic rings. The van der Waals surface area contributed by atoms with Crippen molar-refractivity contribution in [1.82, 2.24) is 14.8 Å². The summed E-state index contributed by atoms with van der Waals surface area (Å²) in [4.78, 5) is 17.9. The van der Waals surface area contributed by atoms with E-state index >= 15 is 0 Å². The van der Waals surface area contributed by atoms with Gasteiger partial charge in [0.15, 0.2) is 0 Å². The molecule has 0 spiro atoms. The fourth-order valence-corrected chi connectivity index (χ4v) is 5.22. The molecule has 1 N–H and O–H groups in total. The summed E-state index contributed by atoms with van der Waals surface area (Å²) < 4.78 is 13.4. The minimum absolute atomic E-state index is 0.352. The van der Waals surface area contributed by atoms with Gasteiger partial charge in [-0.15, -0.1) is 5.10 Å². The van der Waals surface area contributed by atoms with E-state index in [1.54, 1.807) is 16.4 Å². The molecule has 200 valence electrons. The van der Waals surface area contributed by atoms with Crippen LogP contribution in [0.5, 0.6) is 5.75 Å². The molecule has 1 atom stereocenters. The molecule has 0 aliphatic carbocycles. The average molecular weight is 541 g/mol. The number of allylic oxidation sites excluding steroid dienone is 1. The maximum absolute atomic E-state index is 13.2. The Morgan fingerprint density at radius 1 is 0.949 bits per heavy atom. The van der Waals surface area contributed by atoms with Crippen LogP contribution >= 0.6 is 11.8 Å². The highest BCUT2D eigenvalue weighted by molar-refractivity contribution is 7.98. The Morgan fingerprint density at radius 2 is 1.64 bits per heavy atom. The number of aromatic nitrogens is 3. The summed E-state index contributed by atoms with van der Waals surface area (Å²) in [6.07, 6.45) is 1.58. The van der Waals surface area contributed by atoms with Crippen LogP contribution in [0.25, 0.3) is 0 Å². The zero-order valence-corrected chi connectivity index (χ0v) is 23.0. The molecular weight excluding hydrogens is 508 g/mol. The predicted octanol–water partition coefficient (Wildman–Crippen LogP) is 6.43. The van der Waals surface area contributed by atoms with Gasteiger partial charge in [-0.25, -0.2) is 9.48 Å². The summed E-state index contributed by atoms with van der Waals surface area (Å²) in [7, 11) is 0. The molecule has 8 heteroatoms. The Morgan fingerprint density at radius 3 is 2.33 bits per heavy atom. The van der Waals surface area contributed by atoms with Crippen LogP contribution in [0.3, 0.4) is 0 Å². The number of nitrogens with zero attached hydrogens (tertiary/aromatic N) is 3. The van der Waals surface area contributed by atoms with Gasteiger partial charge in [-0.3, -0.25) is 0 Å². The molecule has 3 aromatic carbocycles. The van der Waals surface area contributed by atoms with Gasteiger partial charge < -0.3 is 14.8 Å². The molecule has 0 bridgehead atoms. The lowest BCUT2D eigenvalue weighted by molar-refractivity contribution is -0.139. The quantitative estimate of drug-likeness (QED) is 0.173. The molecular formula is C31H32N4O3S. The van der Waals surface area contributed by atoms with E-state index in [-0.39, 0.29) is 5.97 Å². The lowest BCUT2D eigenvalue weighted by atomic mass is 9.96. The van der Waals surface area contributed by atoms with Crippen molar-refractivity contribution < 1.29 is 14.3 Å². The number of ether oxygens (including phenoxy) is 2. The van der Waals surface area contributed by atoms with Crippen molar-refractivity contribution in [1.29, 1.82) is 0 Å². The van der Waals surface area contributed by atoms with Gasteiger partial charge >= 0.3 is 5.97 Å². The van der Waals surface area contributed by atoms with Gasteiger partial charge in [0, 0.05) is 17.9 Å². The maximum Gasteiger partial charge on any atom is 0.338 e. The number of rotatable bonds is 11. The first-order valence-electron chi connectivity index (χ1n) is 13.2. The largest absolute Gasteiger partial charge is 0.493 e. The summed E-state index contributed by atoms with van der Waals surface area (Å²) in [6, 6.07) is 27.9. The smallest absolute Gasteiger partial charge is 0.338 e. The van der Waals surface area contributed by atoms with Crippen molar-refractivity contribution in [3.8, 4) is 5.75 Å². The summed E-state index contributed by atoms with van der Waals surface area (Å²) in [5, 5.41) is 8.72. The Kier molecular flexibility index (Phi) is 8.63. The molecule has 0 fully saturated rings. The number of thioether (sulfide) groups is 1. The first-order valence-corrected chi connectivity index (χ1v) is 14.2. The van der Waals surface area contributed by atoms with Crippen LogP contribution in [0.4, 0.5) is 5.95 Å². The topological polar surface area (TPSA) is 78.3 Å². The standard InChI is InChI=1S/C31H32N4O3S/c1-3-19-38-29(36)27-22(2)32-30-33-31(39-21-24-12-8-5-9-13-24)34-35(30)28(27)25-14-16-26(17-15-25)37-20-18-23-10-6-4-7-11-23/h4-17,28H,3,18-21H2,1-2H3,(H,32,33,34). The van der Waals surface area contributed by atoms with Crippen LogP contribution in [0.15, 0.2) is 101 Å². The fraction of sp³-hybridized carbons (Fsp3) is 0.258. The van der Waals surface area contributed by atoms with Crippen molar-refractivity contribution in [2.75, 3.05) is 18.5 Å². The van der Waals surface area contributed by atoms with E-state index in [0.29, 0.717) is 35.6 Å². The number of hydrogen-bond acceptors (Lipinski definition) is 7. The van der Waals surface area contributed by atoms with Gasteiger partial charge in [0.25, 0.3) is 0 Å². The zero-order valence-electron chi connectivity index (χ0n) is 22.2. The Labute approximate surface area is 233 Å². The highest BCUT2D eigenvalue weighted by Gasteiger charge is 2.35. The highest BCUT2D eigenvalue weighted by atomic mass is 32.2. The molecule has 0 saturated heterocycles. The number of carbonyl (C=O) groups is 1. The second-order valence-electron chi connectivity index (χ2n) is 9.29. The minimum Gasteiger partial charge on any atom is -0.493 e. The Balaban J connectivity index is 1.37. The van der Waals surface area contributed by atoms with Gasteiger partial charge in [-0.2, -0.15) is 4.98 Å². The van der Waals surface area contributed by atoms with Crippen molar-refractivity contribution in [3.05, 3.63) is 113 Å². The number of benzene rings is 3. The molecule has 4 aromatic rings. The van der Waals surface area contributed by atoms with E-state index in [2.05, 4.69) is 29.6 Å². The van der Waals surface area contributed by atoms with Crippen molar-refractivity contribution in [3.63, 3.8) is 0 Å². The minimum atomic E-state index is -0.470. The third-order valence-electron chi connectivity index (χ3n) is 6.40. The van der Waals surface area contributed by atoms with Gasteiger partial charge in [0.05, 0.1) is 18.8 Å². The second kappa shape index (κ2) is 12.7. The van der Waals surface area contributed by atoms with E-state index in [0.717, 1.165) is 29.9 Å². The van der Waals surface area contributed by atoms with E-state index in [1.807, 2.05) is 74.5 Å². The predicted molar refractivity (Wildman–Crippen MR) is 154 cm³/mol. The third kappa shape index (κ3) is 6.52. The van der Waals surface area contributed by atoms with Crippen molar-refractivity contribution >= 4 is 23.7 Å². The van der Waals surface area contributed by atoms with Gasteiger partial charge in [-0.05, 0) is 42.2 Å². The van der Waals surface area contributed by atoms with E-state index in [1.165, 1.54) is 11.1 Å². The molecule has 5 rings (SSSR count).